The predicted octanol–water partition coefficient (Wildman–Crippen LogP) is 1.21. The Morgan fingerprint density at radius 1 is 1.62 bits per heavy atom. The van der Waals surface area contributed by atoms with Gasteiger partial charge in [0.05, 0.1) is 11.7 Å². The van der Waals surface area contributed by atoms with Gasteiger partial charge < -0.3 is 0 Å². The average molecular weight is 243 g/mol. The average Bonchev–Trinajstić information content (AvgIpc) is 2.14. The first kappa shape index (κ1) is 8.10. The van der Waals surface area contributed by atoms with Crippen molar-refractivity contribution in [3.8, 4) is 0 Å². The maximum Gasteiger partial charge on any atom is 0.0977 e. The summed E-state index contributed by atoms with van der Waals surface area (Å²) in [6, 6.07) is 0. The highest BCUT2D eigenvalue weighted by atomic mass is 79.9. The summed E-state index contributed by atoms with van der Waals surface area (Å²) in [5.74, 6) is 0. The molecule has 5 heteroatoms. The second-order valence-electron chi connectivity index (χ2n) is 1.06. The second-order valence-corrected chi connectivity index (χ2v) is 1.56. The summed E-state index contributed by atoms with van der Waals surface area (Å²) in [6.07, 6.45) is 3.43. The van der Waals surface area contributed by atoms with E-state index in [2.05, 4.69) is 26.2 Å². The van der Waals surface area contributed by atoms with E-state index in [1.54, 1.807) is 17.1 Å². The van der Waals surface area contributed by atoms with Crippen molar-refractivity contribution < 1.29 is 0 Å². The van der Waals surface area contributed by atoms with Crippen molar-refractivity contribution >= 4 is 32.9 Å². The highest BCUT2D eigenvalue weighted by Crippen LogP contribution is 1.85. The van der Waals surface area contributed by atoms with Crippen LogP contribution in [0.15, 0.2) is 12.4 Å². The molecule has 1 rings (SSSR count). The molecule has 0 N–H and O–H groups in total. The molecule has 8 heavy (non-hydrogen) atoms. The van der Waals surface area contributed by atoms with Gasteiger partial charge in [0.2, 0.25) is 0 Å². The molecule has 1 aromatic rings. The molecule has 0 saturated heterocycles. The van der Waals surface area contributed by atoms with Crippen LogP contribution in [0.4, 0.5) is 0 Å². The lowest BCUT2D eigenvalue weighted by atomic mass is 10.9. The molecule has 0 saturated carbocycles. The quantitative estimate of drug-likeness (QED) is 0.694. The molecule has 0 amide bonds. The van der Waals surface area contributed by atoms with E-state index in [0.29, 0.717) is 5.45 Å². The van der Waals surface area contributed by atoms with E-state index < -0.39 is 0 Å². The lowest BCUT2D eigenvalue weighted by Crippen LogP contribution is -1.90. The zero-order valence-electron chi connectivity index (χ0n) is 3.99. The largest absolute Gasteiger partial charge is 0.242 e. The fraction of sp³-hybridized carbons (Fsp3) is 0.333. The van der Waals surface area contributed by atoms with Gasteiger partial charge in [-0.25, -0.2) is 4.68 Å². The Hall–Kier alpha value is 0.100. The van der Waals surface area contributed by atoms with E-state index >= 15 is 0 Å². The molecule has 0 aliphatic carbocycles. The van der Waals surface area contributed by atoms with Gasteiger partial charge in [-0.05, 0) is 0 Å². The summed E-state index contributed by atoms with van der Waals surface area (Å²) < 4.78 is 1.68. The number of halogens is 2. The van der Waals surface area contributed by atoms with Crippen LogP contribution in [0, 0.1) is 0 Å². The predicted molar refractivity (Wildman–Crippen MR) is 39.3 cm³/mol. The van der Waals surface area contributed by atoms with Crippen LogP contribution in [0.3, 0.4) is 0 Å². The van der Waals surface area contributed by atoms with Crippen molar-refractivity contribution in [1.29, 1.82) is 0 Å². The third-order valence-corrected chi connectivity index (χ3v) is 1.11. The smallest absolute Gasteiger partial charge is 0.0977 e. The van der Waals surface area contributed by atoms with Crippen LogP contribution in [-0.4, -0.2) is 15.0 Å². The van der Waals surface area contributed by atoms with Crippen molar-refractivity contribution in [2.24, 2.45) is 0 Å². The first-order valence-electron chi connectivity index (χ1n) is 1.83. The van der Waals surface area contributed by atoms with Gasteiger partial charge >= 0.3 is 0 Å². The molecular formula is C3H5Br2N3. The molecule has 0 aliphatic heterocycles. The Balaban J connectivity index is 0.000000490. The first-order chi connectivity index (χ1) is 3.43. The minimum atomic E-state index is 0. The molecule has 0 radical (unpaired) electrons. The third-order valence-electron chi connectivity index (χ3n) is 0.594. The van der Waals surface area contributed by atoms with E-state index in [4.69, 9.17) is 0 Å². The number of alkyl halides is 1. The van der Waals surface area contributed by atoms with E-state index in [0.717, 1.165) is 0 Å². The maximum absolute atomic E-state index is 3.65. The van der Waals surface area contributed by atoms with Crippen LogP contribution in [0.5, 0.6) is 0 Å². The fourth-order valence-corrected chi connectivity index (χ4v) is 0.564. The van der Waals surface area contributed by atoms with Gasteiger partial charge in [-0.2, -0.15) is 0 Å². The van der Waals surface area contributed by atoms with Gasteiger partial charge in [0.1, 0.15) is 0 Å². The van der Waals surface area contributed by atoms with Gasteiger partial charge in [-0.15, -0.1) is 22.1 Å². The molecule has 3 nitrogen and oxygen atoms in total. The zero-order chi connectivity index (χ0) is 5.11. The molecule has 0 spiro atoms. The SMILES string of the molecule is Br.BrCn1ccnn1. The monoisotopic (exact) mass is 241 g/mol. The Bertz CT molecular complexity index is 127. The summed E-state index contributed by atoms with van der Waals surface area (Å²) >= 11 is 3.20. The molecule has 0 fully saturated rings. The molecule has 0 atom stereocenters. The summed E-state index contributed by atoms with van der Waals surface area (Å²) in [5, 5.41) is 7.23. The Kier molecular flexibility index (Phi) is 4.08. The van der Waals surface area contributed by atoms with Crippen molar-refractivity contribution in [3.63, 3.8) is 0 Å². The molecule has 46 valence electrons. The Morgan fingerprint density at radius 3 is 2.62 bits per heavy atom. The lowest BCUT2D eigenvalue weighted by molar-refractivity contribution is 0.708. The van der Waals surface area contributed by atoms with Crippen LogP contribution in [-0.2, 0) is 5.45 Å². The minimum Gasteiger partial charge on any atom is -0.242 e. The normalized spacial score (nSPS) is 8.12. The topological polar surface area (TPSA) is 30.7 Å². The van der Waals surface area contributed by atoms with Gasteiger partial charge in [-0.1, -0.05) is 21.1 Å². The lowest BCUT2D eigenvalue weighted by Gasteiger charge is -1.83. The van der Waals surface area contributed by atoms with Gasteiger partial charge in [0.25, 0.3) is 0 Å². The van der Waals surface area contributed by atoms with Crippen molar-refractivity contribution in [2.45, 2.75) is 5.45 Å². The van der Waals surface area contributed by atoms with Crippen molar-refractivity contribution in [1.82, 2.24) is 15.0 Å². The number of aromatic nitrogens is 3. The molecule has 1 heterocycles. The van der Waals surface area contributed by atoms with Gasteiger partial charge in [0, 0.05) is 6.20 Å². The minimum absolute atomic E-state index is 0. The first-order valence-corrected chi connectivity index (χ1v) is 2.95. The standard InChI is InChI=1S/C3H4BrN3.BrH/c4-3-7-2-1-5-6-7;/h1-2H,3H2;1H. The maximum atomic E-state index is 3.65. The summed E-state index contributed by atoms with van der Waals surface area (Å²) in [5.41, 5.74) is 0.715. The van der Waals surface area contributed by atoms with Crippen LogP contribution in [0.2, 0.25) is 0 Å². The Labute approximate surface area is 66.0 Å². The highest BCUT2D eigenvalue weighted by Gasteiger charge is 1.80. The summed E-state index contributed by atoms with van der Waals surface area (Å²) in [6.45, 7) is 0. The molecular weight excluding hydrogens is 238 g/mol. The third kappa shape index (κ3) is 1.92. The molecule has 0 aliphatic rings. The number of nitrogens with zero attached hydrogens (tertiary/aromatic N) is 3. The fourth-order valence-electron chi connectivity index (χ4n) is 0.296. The summed E-state index contributed by atoms with van der Waals surface area (Å²) in [7, 11) is 0. The highest BCUT2D eigenvalue weighted by molar-refractivity contribution is 9.08. The van der Waals surface area contributed by atoms with Crippen LogP contribution in [0.25, 0.3) is 0 Å². The molecule has 0 bridgehead atoms. The molecule has 0 aromatic carbocycles. The van der Waals surface area contributed by atoms with Gasteiger partial charge in [-0.3, -0.25) is 0 Å². The second kappa shape index (κ2) is 4.03. The summed E-state index contributed by atoms with van der Waals surface area (Å²) in [4.78, 5) is 0. The van der Waals surface area contributed by atoms with Crippen molar-refractivity contribution in [2.75, 3.05) is 0 Å². The van der Waals surface area contributed by atoms with Gasteiger partial charge in [0.15, 0.2) is 0 Å². The number of rotatable bonds is 1. The molecule has 1 aromatic heterocycles. The zero-order valence-corrected chi connectivity index (χ0v) is 7.29. The molecule has 0 unspecified atom stereocenters. The van der Waals surface area contributed by atoms with E-state index in [-0.39, 0.29) is 17.0 Å². The van der Waals surface area contributed by atoms with Crippen LogP contribution >= 0.6 is 32.9 Å². The number of hydrogen-bond acceptors (Lipinski definition) is 2. The number of hydrogen-bond donors (Lipinski definition) is 0. The van der Waals surface area contributed by atoms with Crippen LogP contribution in [0.1, 0.15) is 0 Å². The van der Waals surface area contributed by atoms with Crippen molar-refractivity contribution in [3.05, 3.63) is 12.4 Å². The van der Waals surface area contributed by atoms with E-state index in [1.165, 1.54) is 0 Å². The van der Waals surface area contributed by atoms with E-state index in [9.17, 15) is 0 Å². The van der Waals surface area contributed by atoms with E-state index in [1.807, 2.05) is 0 Å². The van der Waals surface area contributed by atoms with Crippen LogP contribution < -0.4 is 0 Å². The Morgan fingerprint density at radius 2 is 2.38 bits per heavy atom.